The van der Waals surface area contributed by atoms with Crippen LogP contribution < -0.4 is 5.32 Å². The smallest absolute Gasteiger partial charge is 0.225 e. The molecule has 0 aliphatic rings. The van der Waals surface area contributed by atoms with Gasteiger partial charge < -0.3 is 5.32 Å². The van der Waals surface area contributed by atoms with Gasteiger partial charge in [-0.15, -0.1) is 0 Å². The summed E-state index contributed by atoms with van der Waals surface area (Å²) in [5.41, 5.74) is 1.20. The molecule has 1 N–H and O–H groups in total. The molecule has 0 atom stereocenters. The maximum Gasteiger partial charge on any atom is 0.225 e. The SMILES string of the molecule is CC(C)(C#N)c1ccc(NC(=O)CCBr)cc1. The average Bonchev–Trinajstić information content (AvgIpc) is 2.30. The van der Waals surface area contributed by atoms with Crippen molar-refractivity contribution in [3.8, 4) is 6.07 Å². The van der Waals surface area contributed by atoms with E-state index in [9.17, 15) is 4.79 Å². The Labute approximate surface area is 110 Å². The lowest BCUT2D eigenvalue weighted by molar-refractivity contribution is -0.115. The Bertz CT molecular complexity index is 432. The Balaban J connectivity index is 2.76. The lowest BCUT2D eigenvalue weighted by atomic mass is 9.86. The van der Waals surface area contributed by atoms with E-state index < -0.39 is 5.41 Å². The van der Waals surface area contributed by atoms with Crippen molar-refractivity contribution in [2.75, 3.05) is 10.6 Å². The van der Waals surface area contributed by atoms with Crippen LogP contribution in [0.4, 0.5) is 5.69 Å². The molecule has 0 heterocycles. The van der Waals surface area contributed by atoms with E-state index in [1.165, 1.54) is 0 Å². The molecule has 0 spiro atoms. The van der Waals surface area contributed by atoms with E-state index in [1.807, 2.05) is 38.1 Å². The maximum absolute atomic E-state index is 11.4. The number of carbonyl (C=O) groups is 1. The Morgan fingerprint density at radius 2 is 2.00 bits per heavy atom. The molecule has 0 aliphatic carbocycles. The summed E-state index contributed by atoms with van der Waals surface area (Å²) in [5, 5.41) is 12.4. The van der Waals surface area contributed by atoms with Gasteiger partial charge >= 0.3 is 0 Å². The molecule has 1 amide bonds. The first-order valence-corrected chi connectivity index (χ1v) is 6.49. The van der Waals surface area contributed by atoms with Gasteiger partial charge in [-0.3, -0.25) is 4.79 Å². The molecule has 4 heteroatoms. The van der Waals surface area contributed by atoms with Crippen molar-refractivity contribution in [1.82, 2.24) is 0 Å². The number of carbonyl (C=O) groups excluding carboxylic acids is 1. The van der Waals surface area contributed by atoms with Crippen LogP contribution in [0, 0.1) is 11.3 Å². The summed E-state index contributed by atoms with van der Waals surface area (Å²) in [7, 11) is 0. The van der Waals surface area contributed by atoms with Crippen LogP contribution in [-0.2, 0) is 10.2 Å². The number of benzene rings is 1. The fraction of sp³-hybridized carbons (Fsp3) is 0.385. The number of nitriles is 1. The second-order valence-corrected chi connectivity index (χ2v) is 5.09. The summed E-state index contributed by atoms with van der Waals surface area (Å²) >= 11 is 3.21. The molecule has 90 valence electrons. The van der Waals surface area contributed by atoms with E-state index in [4.69, 9.17) is 5.26 Å². The Kier molecular flexibility index (Phi) is 4.71. The molecule has 0 aliphatic heterocycles. The van der Waals surface area contributed by atoms with E-state index in [-0.39, 0.29) is 5.91 Å². The molecule has 17 heavy (non-hydrogen) atoms. The number of rotatable bonds is 4. The van der Waals surface area contributed by atoms with E-state index >= 15 is 0 Å². The third-order valence-corrected chi connectivity index (χ3v) is 2.89. The van der Waals surface area contributed by atoms with Gasteiger partial charge in [0.25, 0.3) is 0 Å². The third kappa shape index (κ3) is 3.86. The zero-order valence-electron chi connectivity index (χ0n) is 9.96. The summed E-state index contributed by atoms with van der Waals surface area (Å²) in [6, 6.07) is 9.62. The average molecular weight is 295 g/mol. The molecule has 1 rings (SSSR count). The molecular weight excluding hydrogens is 280 g/mol. The molecule has 0 fully saturated rings. The van der Waals surface area contributed by atoms with Crippen LogP contribution in [-0.4, -0.2) is 11.2 Å². The van der Waals surface area contributed by atoms with Gasteiger partial charge in [-0.1, -0.05) is 28.1 Å². The summed E-state index contributed by atoms with van der Waals surface area (Å²) in [4.78, 5) is 11.4. The maximum atomic E-state index is 11.4. The van der Waals surface area contributed by atoms with Crippen molar-refractivity contribution in [1.29, 1.82) is 5.26 Å². The van der Waals surface area contributed by atoms with Gasteiger partial charge in [0.2, 0.25) is 5.91 Å². The van der Waals surface area contributed by atoms with Crippen molar-refractivity contribution >= 4 is 27.5 Å². The van der Waals surface area contributed by atoms with Gasteiger partial charge in [0.05, 0.1) is 11.5 Å². The number of halogens is 1. The fourth-order valence-corrected chi connectivity index (χ4v) is 1.70. The first-order chi connectivity index (χ1) is 7.99. The quantitative estimate of drug-likeness (QED) is 0.867. The third-order valence-electron chi connectivity index (χ3n) is 2.49. The van der Waals surface area contributed by atoms with Crippen molar-refractivity contribution in [3.05, 3.63) is 29.8 Å². The van der Waals surface area contributed by atoms with Crippen LogP contribution >= 0.6 is 15.9 Å². The minimum Gasteiger partial charge on any atom is -0.326 e. The minimum atomic E-state index is -0.502. The molecule has 0 aromatic heterocycles. The standard InChI is InChI=1S/C13H15BrN2O/c1-13(2,9-15)10-3-5-11(6-4-10)16-12(17)7-8-14/h3-6H,7-8H2,1-2H3,(H,16,17). The molecule has 0 saturated heterocycles. The predicted molar refractivity (Wildman–Crippen MR) is 72.1 cm³/mol. The van der Waals surface area contributed by atoms with Gasteiger partial charge in [-0.2, -0.15) is 5.26 Å². The summed E-state index contributed by atoms with van der Waals surface area (Å²) in [6.07, 6.45) is 0.450. The van der Waals surface area contributed by atoms with Crippen molar-refractivity contribution < 1.29 is 4.79 Å². The van der Waals surface area contributed by atoms with Crippen molar-refractivity contribution in [3.63, 3.8) is 0 Å². The highest BCUT2D eigenvalue weighted by molar-refractivity contribution is 9.09. The number of nitrogens with zero attached hydrogens (tertiary/aromatic N) is 1. The van der Waals surface area contributed by atoms with Crippen molar-refractivity contribution in [2.45, 2.75) is 25.7 Å². The largest absolute Gasteiger partial charge is 0.326 e. The van der Waals surface area contributed by atoms with Crippen LogP contribution in [0.2, 0.25) is 0 Å². The number of hydrogen-bond donors (Lipinski definition) is 1. The molecule has 1 aromatic carbocycles. The Hall–Kier alpha value is -1.34. The zero-order valence-corrected chi connectivity index (χ0v) is 11.5. The first kappa shape index (κ1) is 13.7. The van der Waals surface area contributed by atoms with E-state index in [0.717, 1.165) is 11.3 Å². The Morgan fingerprint density at radius 1 is 1.41 bits per heavy atom. The lowest BCUT2D eigenvalue weighted by Crippen LogP contribution is -2.14. The van der Waals surface area contributed by atoms with E-state index in [1.54, 1.807) is 0 Å². The highest BCUT2D eigenvalue weighted by Crippen LogP contribution is 2.23. The van der Waals surface area contributed by atoms with E-state index in [2.05, 4.69) is 27.3 Å². The molecule has 0 unspecified atom stereocenters. The summed E-state index contributed by atoms with van der Waals surface area (Å²) in [5.74, 6) is -0.0193. The normalized spacial score (nSPS) is 10.7. The molecular formula is C13H15BrN2O. The predicted octanol–water partition coefficient (Wildman–Crippen LogP) is 3.21. The molecule has 0 radical (unpaired) electrons. The van der Waals surface area contributed by atoms with Gasteiger partial charge in [0.1, 0.15) is 0 Å². The number of hydrogen-bond acceptors (Lipinski definition) is 2. The van der Waals surface area contributed by atoms with Crippen molar-refractivity contribution in [2.24, 2.45) is 0 Å². The van der Waals surface area contributed by atoms with Gasteiger partial charge in [0.15, 0.2) is 0 Å². The number of amides is 1. The van der Waals surface area contributed by atoms with Gasteiger partial charge in [-0.05, 0) is 31.5 Å². The molecule has 0 bridgehead atoms. The highest BCUT2D eigenvalue weighted by atomic mass is 79.9. The lowest BCUT2D eigenvalue weighted by Gasteiger charge is -2.16. The zero-order chi connectivity index (χ0) is 12.9. The summed E-state index contributed by atoms with van der Waals surface area (Å²) < 4.78 is 0. The van der Waals surface area contributed by atoms with Gasteiger partial charge in [0, 0.05) is 17.4 Å². The van der Waals surface area contributed by atoms with Crippen LogP contribution in [0.5, 0.6) is 0 Å². The number of anilines is 1. The monoisotopic (exact) mass is 294 g/mol. The molecule has 0 saturated carbocycles. The summed E-state index contributed by atoms with van der Waals surface area (Å²) in [6.45, 7) is 3.73. The van der Waals surface area contributed by atoms with Crippen LogP contribution in [0.25, 0.3) is 0 Å². The number of nitrogens with one attached hydrogen (secondary N) is 1. The number of alkyl halides is 1. The topological polar surface area (TPSA) is 52.9 Å². The van der Waals surface area contributed by atoms with Gasteiger partial charge in [-0.25, -0.2) is 0 Å². The van der Waals surface area contributed by atoms with Crippen LogP contribution in [0.15, 0.2) is 24.3 Å². The fourth-order valence-electron chi connectivity index (χ4n) is 1.34. The molecule has 1 aromatic rings. The second kappa shape index (κ2) is 5.83. The molecule has 3 nitrogen and oxygen atoms in total. The van der Waals surface area contributed by atoms with E-state index in [0.29, 0.717) is 11.8 Å². The minimum absolute atomic E-state index is 0.0193. The van der Waals surface area contributed by atoms with Crippen LogP contribution in [0.3, 0.4) is 0 Å². The second-order valence-electron chi connectivity index (χ2n) is 4.30. The first-order valence-electron chi connectivity index (χ1n) is 5.37. The highest BCUT2D eigenvalue weighted by Gasteiger charge is 2.19. The Morgan fingerprint density at radius 3 is 2.47 bits per heavy atom. The van der Waals surface area contributed by atoms with Crippen LogP contribution in [0.1, 0.15) is 25.8 Å².